The number of anilines is 1. The van der Waals surface area contributed by atoms with Crippen LogP contribution in [0.5, 0.6) is 5.88 Å². The molecule has 6 nitrogen and oxygen atoms in total. The molecule has 3 N–H and O–H groups in total. The Morgan fingerprint density at radius 3 is 2.89 bits per heavy atom. The van der Waals surface area contributed by atoms with Crippen molar-refractivity contribution in [3.63, 3.8) is 0 Å². The minimum atomic E-state index is -0.143. The number of hydrogen-bond acceptors (Lipinski definition) is 6. The second kappa shape index (κ2) is 5.42. The molecule has 1 atom stereocenters. The third-order valence-electron chi connectivity index (χ3n) is 2.65. The summed E-state index contributed by atoms with van der Waals surface area (Å²) in [6, 6.07) is 3.39. The number of ether oxygens (including phenoxy) is 1. The van der Waals surface area contributed by atoms with Gasteiger partial charge in [0.25, 0.3) is 0 Å². The van der Waals surface area contributed by atoms with Crippen molar-refractivity contribution in [2.75, 3.05) is 19.9 Å². The number of nitrogen functional groups attached to an aromatic ring is 1. The zero-order chi connectivity index (χ0) is 13.0. The number of rotatable bonds is 4. The van der Waals surface area contributed by atoms with Gasteiger partial charge >= 0.3 is 0 Å². The molecule has 0 aromatic carbocycles. The van der Waals surface area contributed by atoms with Crippen LogP contribution in [0, 0.1) is 0 Å². The van der Waals surface area contributed by atoms with E-state index in [9.17, 15) is 0 Å². The van der Waals surface area contributed by atoms with Crippen LogP contribution in [-0.4, -0.2) is 29.1 Å². The summed E-state index contributed by atoms with van der Waals surface area (Å²) < 4.78 is 5.09. The number of nitrogens with zero attached hydrogens (tertiary/aromatic N) is 3. The zero-order valence-corrected chi connectivity index (χ0v) is 10.3. The number of nitrogens with one attached hydrogen (secondary N) is 1. The summed E-state index contributed by atoms with van der Waals surface area (Å²) in [7, 11) is 3.41. The van der Waals surface area contributed by atoms with Gasteiger partial charge in [0, 0.05) is 29.7 Å². The lowest BCUT2D eigenvalue weighted by Gasteiger charge is -2.17. The van der Waals surface area contributed by atoms with E-state index in [1.165, 1.54) is 6.33 Å². The number of hydrogen-bond donors (Lipinski definition) is 2. The largest absolute Gasteiger partial charge is 0.481 e. The van der Waals surface area contributed by atoms with Crippen molar-refractivity contribution in [3.8, 4) is 5.88 Å². The van der Waals surface area contributed by atoms with Crippen LogP contribution in [0.3, 0.4) is 0 Å². The molecule has 0 bridgehead atoms. The first-order valence-corrected chi connectivity index (χ1v) is 5.49. The predicted octanol–water partition coefficient (Wildman–Crippen LogP) is 0.771. The highest BCUT2D eigenvalue weighted by Crippen LogP contribution is 2.25. The van der Waals surface area contributed by atoms with Crippen LogP contribution in [-0.2, 0) is 0 Å². The Bertz CT molecular complexity index is 531. The highest BCUT2D eigenvalue weighted by molar-refractivity contribution is 5.48. The lowest BCUT2D eigenvalue weighted by atomic mass is 10.0. The van der Waals surface area contributed by atoms with Crippen LogP contribution in [0.15, 0.2) is 30.9 Å². The summed E-state index contributed by atoms with van der Waals surface area (Å²) >= 11 is 0. The van der Waals surface area contributed by atoms with Gasteiger partial charge in [-0.2, -0.15) is 0 Å². The average molecular weight is 245 g/mol. The van der Waals surface area contributed by atoms with Crippen molar-refractivity contribution in [2.24, 2.45) is 0 Å². The van der Waals surface area contributed by atoms with Gasteiger partial charge < -0.3 is 15.8 Å². The molecule has 0 aliphatic rings. The Kier molecular flexibility index (Phi) is 3.69. The van der Waals surface area contributed by atoms with E-state index in [4.69, 9.17) is 10.5 Å². The van der Waals surface area contributed by atoms with Crippen molar-refractivity contribution >= 4 is 5.69 Å². The van der Waals surface area contributed by atoms with E-state index in [-0.39, 0.29) is 6.04 Å². The molecule has 18 heavy (non-hydrogen) atoms. The van der Waals surface area contributed by atoms with Crippen LogP contribution in [0.25, 0.3) is 0 Å². The Morgan fingerprint density at radius 2 is 2.22 bits per heavy atom. The average Bonchev–Trinajstić information content (AvgIpc) is 2.42. The second-order valence-corrected chi connectivity index (χ2v) is 3.71. The molecule has 0 fully saturated rings. The lowest BCUT2D eigenvalue weighted by molar-refractivity contribution is 0.395. The maximum Gasteiger partial charge on any atom is 0.216 e. The molecule has 0 saturated carbocycles. The first kappa shape index (κ1) is 12.3. The topological polar surface area (TPSA) is 86.0 Å². The quantitative estimate of drug-likeness (QED) is 0.827. The van der Waals surface area contributed by atoms with Gasteiger partial charge in [0.05, 0.1) is 18.8 Å². The molecule has 0 spiro atoms. The molecule has 94 valence electrons. The minimum Gasteiger partial charge on any atom is -0.481 e. The van der Waals surface area contributed by atoms with Crippen LogP contribution in [0.2, 0.25) is 0 Å². The molecule has 0 aliphatic heterocycles. The third-order valence-corrected chi connectivity index (χ3v) is 2.65. The predicted molar refractivity (Wildman–Crippen MR) is 68.1 cm³/mol. The monoisotopic (exact) mass is 245 g/mol. The molecule has 6 heteroatoms. The smallest absolute Gasteiger partial charge is 0.216 e. The fourth-order valence-electron chi connectivity index (χ4n) is 1.74. The zero-order valence-electron chi connectivity index (χ0n) is 10.3. The van der Waals surface area contributed by atoms with Crippen LogP contribution in [0.4, 0.5) is 5.69 Å². The maximum absolute atomic E-state index is 5.95. The summed E-state index contributed by atoms with van der Waals surface area (Å²) in [6.07, 6.45) is 4.85. The van der Waals surface area contributed by atoms with Gasteiger partial charge in [-0.25, -0.2) is 9.97 Å². The van der Waals surface area contributed by atoms with E-state index in [0.717, 1.165) is 11.3 Å². The van der Waals surface area contributed by atoms with Crippen molar-refractivity contribution in [2.45, 2.75) is 6.04 Å². The number of pyridine rings is 1. The fourth-order valence-corrected chi connectivity index (χ4v) is 1.74. The fraction of sp³-hybridized carbons (Fsp3) is 0.250. The Balaban J connectivity index is 2.42. The summed E-state index contributed by atoms with van der Waals surface area (Å²) in [5.74, 6) is 0.516. The van der Waals surface area contributed by atoms with Crippen LogP contribution >= 0.6 is 0 Å². The Labute approximate surface area is 105 Å². The van der Waals surface area contributed by atoms with E-state index in [1.807, 2.05) is 7.05 Å². The van der Waals surface area contributed by atoms with E-state index >= 15 is 0 Å². The molecule has 0 saturated heterocycles. The number of nitrogens with two attached hydrogens (primary N) is 1. The lowest BCUT2D eigenvalue weighted by Crippen LogP contribution is -2.20. The highest BCUT2D eigenvalue weighted by atomic mass is 16.5. The molecule has 2 rings (SSSR count). The van der Waals surface area contributed by atoms with Crippen molar-refractivity contribution in [1.29, 1.82) is 0 Å². The molecule has 2 heterocycles. The van der Waals surface area contributed by atoms with E-state index in [1.54, 1.807) is 31.6 Å². The van der Waals surface area contributed by atoms with Gasteiger partial charge in [-0.05, 0) is 13.1 Å². The van der Waals surface area contributed by atoms with Crippen molar-refractivity contribution in [3.05, 3.63) is 42.1 Å². The van der Waals surface area contributed by atoms with E-state index in [0.29, 0.717) is 11.6 Å². The van der Waals surface area contributed by atoms with Gasteiger partial charge in [0.1, 0.15) is 6.33 Å². The highest BCUT2D eigenvalue weighted by Gasteiger charge is 2.17. The summed E-state index contributed by atoms with van der Waals surface area (Å²) in [5.41, 5.74) is 8.28. The van der Waals surface area contributed by atoms with Gasteiger partial charge in [-0.1, -0.05) is 0 Å². The number of aromatic nitrogens is 3. The minimum absolute atomic E-state index is 0.143. The third kappa shape index (κ3) is 2.38. The van der Waals surface area contributed by atoms with E-state index < -0.39 is 0 Å². The van der Waals surface area contributed by atoms with E-state index in [2.05, 4.69) is 20.3 Å². The van der Waals surface area contributed by atoms with Gasteiger partial charge in [-0.3, -0.25) is 4.98 Å². The maximum atomic E-state index is 5.95. The molecule has 1 unspecified atom stereocenters. The SMILES string of the molecule is CNC(c1cc(OC)ncn1)c1cnccc1N. The summed E-state index contributed by atoms with van der Waals surface area (Å²) in [6.45, 7) is 0. The molecule has 0 aliphatic carbocycles. The van der Waals surface area contributed by atoms with Gasteiger partial charge in [0.15, 0.2) is 0 Å². The number of methoxy groups -OCH3 is 1. The van der Waals surface area contributed by atoms with Crippen molar-refractivity contribution in [1.82, 2.24) is 20.3 Å². The first-order valence-electron chi connectivity index (χ1n) is 5.49. The standard InChI is InChI=1S/C12H15N5O/c1-14-12(8-6-15-4-3-9(8)13)10-5-11(18-2)17-7-16-10/h3-7,12,14H,1-2H3,(H2,13,15). The molecule has 2 aromatic heterocycles. The molecule has 0 amide bonds. The Morgan fingerprint density at radius 1 is 1.39 bits per heavy atom. The first-order chi connectivity index (χ1) is 8.76. The Hall–Kier alpha value is -2.21. The summed E-state index contributed by atoms with van der Waals surface area (Å²) in [4.78, 5) is 12.3. The normalized spacial score (nSPS) is 12.1. The molecule has 2 aromatic rings. The van der Waals surface area contributed by atoms with Gasteiger partial charge in [-0.15, -0.1) is 0 Å². The summed E-state index contributed by atoms with van der Waals surface area (Å²) in [5, 5.41) is 3.16. The van der Waals surface area contributed by atoms with Crippen LogP contribution in [0.1, 0.15) is 17.3 Å². The molecule has 0 radical (unpaired) electrons. The van der Waals surface area contributed by atoms with Crippen molar-refractivity contribution < 1.29 is 4.74 Å². The molecular weight excluding hydrogens is 230 g/mol. The second-order valence-electron chi connectivity index (χ2n) is 3.71. The van der Waals surface area contributed by atoms with Gasteiger partial charge in [0.2, 0.25) is 5.88 Å². The van der Waals surface area contributed by atoms with Crippen LogP contribution < -0.4 is 15.8 Å². The molecular formula is C12H15N5O.